The van der Waals surface area contributed by atoms with Crippen LogP contribution in [-0.4, -0.2) is 28.5 Å². The number of rotatable bonds is 5. The summed E-state index contributed by atoms with van der Waals surface area (Å²) < 4.78 is 1.64. The Bertz CT molecular complexity index is 1490. The molecule has 36 heavy (non-hydrogen) atoms. The molecule has 1 aliphatic rings. The number of carbonyl (C=O) groups is 1. The number of carbonyl (C=O) groups excluding carboxylic acids is 1. The van der Waals surface area contributed by atoms with Gasteiger partial charge in [0.25, 0.3) is 5.56 Å². The molecule has 0 aliphatic carbocycles. The summed E-state index contributed by atoms with van der Waals surface area (Å²) in [7, 11) is 1.79. The van der Waals surface area contributed by atoms with E-state index >= 15 is 0 Å². The molecule has 0 unspecified atom stereocenters. The average molecular weight is 483 g/mol. The standard InChI is InChI=1S/C30H34N4O2/c1-18(2)28-26-15-21(20-10-12-31-13-11-20)8-9-27(26)33-29(28)23-16-25(30(36)34(4)17-23)22-6-5-7-24(14-22)32-19(3)35/h5-9,14-18,20,31,33H,10-13H2,1-4H3,(H,32,35). The van der Waals surface area contributed by atoms with Crippen LogP contribution in [0.25, 0.3) is 33.3 Å². The van der Waals surface area contributed by atoms with Gasteiger partial charge in [-0.2, -0.15) is 0 Å². The molecule has 1 saturated heterocycles. The van der Waals surface area contributed by atoms with E-state index in [1.807, 2.05) is 36.5 Å². The van der Waals surface area contributed by atoms with Crippen molar-refractivity contribution in [1.29, 1.82) is 0 Å². The number of hydrogen-bond acceptors (Lipinski definition) is 3. The van der Waals surface area contributed by atoms with Crippen LogP contribution in [0.1, 0.15) is 56.6 Å². The van der Waals surface area contributed by atoms with Gasteiger partial charge in [-0.3, -0.25) is 9.59 Å². The maximum absolute atomic E-state index is 13.2. The number of aromatic amines is 1. The molecule has 0 atom stereocenters. The number of aryl methyl sites for hydroxylation is 1. The highest BCUT2D eigenvalue weighted by Crippen LogP contribution is 2.38. The molecule has 6 heteroatoms. The van der Waals surface area contributed by atoms with E-state index in [1.54, 1.807) is 11.6 Å². The Morgan fingerprint density at radius 2 is 1.83 bits per heavy atom. The number of piperidine rings is 1. The van der Waals surface area contributed by atoms with E-state index in [9.17, 15) is 9.59 Å². The van der Waals surface area contributed by atoms with E-state index in [4.69, 9.17) is 0 Å². The highest BCUT2D eigenvalue weighted by atomic mass is 16.1. The fourth-order valence-electron chi connectivity index (χ4n) is 5.49. The second-order valence-electron chi connectivity index (χ2n) is 10.2. The number of H-pyrrole nitrogens is 1. The molecule has 3 heterocycles. The zero-order chi connectivity index (χ0) is 25.4. The van der Waals surface area contributed by atoms with Gasteiger partial charge in [0.15, 0.2) is 0 Å². The quantitative estimate of drug-likeness (QED) is 0.339. The minimum absolute atomic E-state index is 0.0749. The molecule has 1 amide bonds. The fourth-order valence-corrected chi connectivity index (χ4v) is 5.49. The predicted molar refractivity (Wildman–Crippen MR) is 148 cm³/mol. The molecule has 0 saturated carbocycles. The van der Waals surface area contributed by atoms with Crippen LogP contribution >= 0.6 is 0 Å². The number of benzene rings is 2. The van der Waals surface area contributed by atoms with E-state index < -0.39 is 0 Å². The van der Waals surface area contributed by atoms with Crippen LogP contribution in [0.3, 0.4) is 0 Å². The lowest BCUT2D eigenvalue weighted by atomic mass is 9.88. The maximum atomic E-state index is 13.2. The molecule has 6 nitrogen and oxygen atoms in total. The second-order valence-corrected chi connectivity index (χ2v) is 10.2. The van der Waals surface area contributed by atoms with Gasteiger partial charge in [-0.25, -0.2) is 0 Å². The lowest BCUT2D eigenvalue weighted by molar-refractivity contribution is -0.114. The van der Waals surface area contributed by atoms with Crippen LogP contribution < -0.4 is 16.2 Å². The Kier molecular flexibility index (Phi) is 6.54. The molecule has 1 fully saturated rings. The number of pyridine rings is 1. The van der Waals surface area contributed by atoms with E-state index in [2.05, 4.69) is 47.7 Å². The van der Waals surface area contributed by atoms with Gasteiger partial charge < -0.3 is 20.2 Å². The Morgan fingerprint density at radius 1 is 1.06 bits per heavy atom. The minimum Gasteiger partial charge on any atom is -0.354 e. The molecule has 4 aromatic rings. The number of nitrogens with zero attached hydrogens (tertiary/aromatic N) is 1. The van der Waals surface area contributed by atoms with Crippen molar-refractivity contribution < 1.29 is 4.79 Å². The van der Waals surface area contributed by atoms with Gasteiger partial charge in [0.2, 0.25) is 5.91 Å². The molecule has 1 aliphatic heterocycles. The summed E-state index contributed by atoms with van der Waals surface area (Å²) in [6.07, 6.45) is 4.25. The van der Waals surface area contributed by atoms with E-state index in [0.29, 0.717) is 23.1 Å². The number of fused-ring (bicyclic) bond motifs is 1. The highest BCUT2D eigenvalue weighted by molar-refractivity contribution is 5.93. The molecular weight excluding hydrogens is 448 g/mol. The molecule has 5 rings (SSSR count). The van der Waals surface area contributed by atoms with Crippen LogP contribution in [0.5, 0.6) is 0 Å². The van der Waals surface area contributed by atoms with E-state index in [0.717, 1.165) is 35.4 Å². The van der Waals surface area contributed by atoms with Crippen LogP contribution in [0.4, 0.5) is 5.69 Å². The molecule has 2 aromatic carbocycles. The van der Waals surface area contributed by atoms with Crippen molar-refractivity contribution in [2.75, 3.05) is 18.4 Å². The van der Waals surface area contributed by atoms with Gasteiger partial charge in [0.1, 0.15) is 0 Å². The topological polar surface area (TPSA) is 78.9 Å². The SMILES string of the molecule is CC(=O)Nc1cccc(-c2cc(-c3[nH]c4ccc(C5CCNCC5)cc4c3C(C)C)cn(C)c2=O)c1. The summed E-state index contributed by atoms with van der Waals surface area (Å²) >= 11 is 0. The Hall–Kier alpha value is -3.64. The first kappa shape index (κ1) is 24.1. The Balaban J connectivity index is 1.64. The van der Waals surface area contributed by atoms with Crippen molar-refractivity contribution in [1.82, 2.24) is 14.9 Å². The van der Waals surface area contributed by atoms with E-state index in [1.165, 1.54) is 36.3 Å². The van der Waals surface area contributed by atoms with Crippen molar-refractivity contribution in [3.8, 4) is 22.4 Å². The summed E-state index contributed by atoms with van der Waals surface area (Å²) in [6.45, 7) is 8.07. The molecule has 0 bridgehead atoms. The van der Waals surface area contributed by atoms with Crippen molar-refractivity contribution in [3.05, 3.63) is 76.2 Å². The van der Waals surface area contributed by atoms with Crippen molar-refractivity contribution in [2.45, 2.75) is 45.4 Å². The Labute approximate surface area is 211 Å². The summed E-state index contributed by atoms with van der Waals surface area (Å²) in [4.78, 5) is 28.4. The summed E-state index contributed by atoms with van der Waals surface area (Å²) in [5.41, 5.74) is 7.81. The van der Waals surface area contributed by atoms with Crippen molar-refractivity contribution >= 4 is 22.5 Å². The zero-order valence-corrected chi connectivity index (χ0v) is 21.4. The molecule has 0 spiro atoms. The molecule has 3 N–H and O–H groups in total. The third kappa shape index (κ3) is 4.61. The van der Waals surface area contributed by atoms with Gasteiger partial charge in [-0.1, -0.05) is 32.0 Å². The van der Waals surface area contributed by atoms with Gasteiger partial charge in [-0.15, -0.1) is 0 Å². The predicted octanol–water partition coefficient (Wildman–Crippen LogP) is 5.75. The molecule has 0 radical (unpaired) electrons. The average Bonchev–Trinajstić information content (AvgIpc) is 3.25. The third-order valence-electron chi connectivity index (χ3n) is 7.22. The number of aromatic nitrogens is 2. The maximum Gasteiger partial charge on any atom is 0.258 e. The first-order chi connectivity index (χ1) is 17.3. The largest absolute Gasteiger partial charge is 0.354 e. The summed E-state index contributed by atoms with van der Waals surface area (Å²) in [5.74, 6) is 0.757. The van der Waals surface area contributed by atoms with Crippen LogP contribution in [0.2, 0.25) is 0 Å². The highest BCUT2D eigenvalue weighted by Gasteiger charge is 2.21. The number of nitrogens with one attached hydrogen (secondary N) is 3. The number of anilines is 1. The van der Waals surface area contributed by atoms with Crippen LogP contribution in [-0.2, 0) is 11.8 Å². The number of hydrogen-bond donors (Lipinski definition) is 3. The normalized spacial score (nSPS) is 14.5. The third-order valence-corrected chi connectivity index (χ3v) is 7.22. The smallest absolute Gasteiger partial charge is 0.258 e. The summed E-state index contributed by atoms with van der Waals surface area (Å²) in [6, 6.07) is 16.3. The minimum atomic E-state index is -0.141. The van der Waals surface area contributed by atoms with Gasteiger partial charge in [0.05, 0.1) is 5.69 Å². The van der Waals surface area contributed by atoms with Crippen LogP contribution in [0, 0.1) is 0 Å². The molecule has 2 aromatic heterocycles. The van der Waals surface area contributed by atoms with Gasteiger partial charge >= 0.3 is 0 Å². The molecule has 186 valence electrons. The van der Waals surface area contributed by atoms with Crippen molar-refractivity contribution in [3.63, 3.8) is 0 Å². The second kappa shape index (κ2) is 9.78. The first-order valence-corrected chi connectivity index (χ1v) is 12.8. The van der Waals surface area contributed by atoms with Gasteiger partial charge in [-0.05, 0) is 84.8 Å². The molecular formula is C30H34N4O2. The van der Waals surface area contributed by atoms with E-state index in [-0.39, 0.29) is 11.5 Å². The number of amides is 1. The zero-order valence-electron chi connectivity index (χ0n) is 21.4. The lowest BCUT2D eigenvalue weighted by Crippen LogP contribution is -2.26. The lowest BCUT2D eigenvalue weighted by Gasteiger charge is -2.23. The van der Waals surface area contributed by atoms with Crippen molar-refractivity contribution in [2.24, 2.45) is 7.05 Å². The summed E-state index contributed by atoms with van der Waals surface area (Å²) in [5, 5.41) is 7.54. The monoisotopic (exact) mass is 482 g/mol. The first-order valence-electron chi connectivity index (χ1n) is 12.8. The van der Waals surface area contributed by atoms with Crippen LogP contribution in [0.15, 0.2) is 59.5 Å². The Morgan fingerprint density at radius 3 is 2.56 bits per heavy atom. The fraction of sp³-hybridized carbons (Fsp3) is 0.333. The van der Waals surface area contributed by atoms with Gasteiger partial charge in [0, 0.05) is 47.9 Å².